The molecule has 0 saturated carbocycles. The first kappa shape index (κ1) is 17.8. The Morgan fingerprint density at radius 3 is 2.87 bits per heavy atom. The summed E-state index contributed by atoms with van der Waals surface area (Å²) >= 11 is 6.43. The second kappa shape index (κ2) is 8.38. The zero-order valence-electron chi connectivity index (χ0n) is 13.7. The molecule has 1 atom stereocenters. The number of hydrogen-bond donors (Lipinski definition) is 1. The van der Waals surface area contributed by atoms with Gasteiger partial charge in [-0.05, 0) is 11.6 Å². The minimum atomic E-state index is -0.0475. The molecule has 1 amide bonds. The second-order valence-corrected chi connectivity index (χ2v) is 5.82. The topological polar surface area (TPSA) is 60.0 Å². The molecule has 1 aliphatic heterocycles. The number of carbonyl (C=O) groups excluding carboxylic acids is 1. The van der Waals surface area contributed by atoms with E-state index in [4.69, 9.17) is 25.8 Å². The minimum Gasteiger partial charge on any atom is -0.493 e. The van der Waals surface area contributed by atoms with E-state index in [1.54, 1.807) is 14.2 Å². The standard InChI is InChI=1S/C16H23ClN2O4/c1-11(20)18-8-13-10-19(6-7-23-13)9-12-4-5-14(21-2)16(22-3)15(12)17/h4-5,13H,6-10H2,1-3H3,(H,18,20)/t13-/m0/s1. The van der Waals surface area contributed by atoms with Crippen molar-refractivity contribution >= 4 is 17.5 Å². The molecule has 1 N–H and O–H groups in total. The quantitative estimate of drug-likeness (QED) is 0.852. The Hall–Kier alpha value is -1.50. The lowest BCUT2D eigenvalue weighted by atomic mass is 10.1. The Morgan fingerprint density at radius 2 is 2.22 bits per heavy atom. The molecule has 1 aromatic carbocycles. The van der Waals surface area contributed by atoms with Gasteiger partial charge in [0.1, 0.15) is 0 Å². The van der Waals surface area contributed by atoms with E-state index in [0.29, 0.717) is 36.2 Å². The molecule has 7 heteroatoms. The minimum absolute atomic E-state index is 0.00781. The van der Waals surface area contributed by atoms with Crippen LogP contribution >= 0.6 is 11.6 Å². The fourth-order valence-corrected chi connectivity index (χ4v) is 2.89. The summed E-state index contributed by atoms with van der Waals surface area (Å²) in [6.07, 6.45) is -0.00781. The molecule has 1 heterocycles. The highest BCUT2D eigenvalue weighted by atomic mass is 35.5. The number of benzene rings is 1. The van der Waals surface area contributed by atoms with Gasteiger partial charge in [0.15, 0.2) is 11.5 Å². The summed E-state index contributed by atoms with van der Waals surface area (Å²) < 4.78 is 16.3. The number of methoxy groups -OCH3 is 2. The van der Waals surface area contributed by atoms with E-state index in [-0.39, 0.29) is 12.0 Å². The summed E-state index contributed by atoms with van der Waals surface area (Å²) in [5.74, 6) is 1.12. The second-order valence-electron chi connectivity index (χ2n) is 5.44. The zero-order chi connectivity index (χ0) is 16.8. The van der Waals surface area contributed by atoms with E-state index in [9.17, 15) is 4.79 Å². The maximum absolute atomic E-state index is 11.0. The van der Waals surface area contributed by atoms with Crippen LogP contribution in [0.1, 0.15) is 12.5 Å². The average Bonchev–Trinajstić information content (AvgIpc) is 2.55. The number of nitrogens with one attached hydrogen (secondary N) is 1. The first-order valence-corrected chi connectivity index (χ1v) is 7.90. The van der Waals surface area contributed by atoms with Crippen LogP contribution in [0.25, 0.3) is 0 Å². The molecule has 0 spiro atoms. The number of amides is 1. The van der Waals surface area contributed by atoms with Gasteiger partial charge in [-0.1, -0.05) is 17.7 Å². The molecule has 0 aromatic heterocycles. The van der Waals surface area contributed by atoms with Gasteiger partial charge in [-0.15, -0.1) is 0 Å². The van der Waals surface area contributed by atoms with Crippen LogP contribution in [0.15, 0.2) is 12.1 Å². The third-order valence-electron chi connectivity index (χ3n) is 3.76. The molecule has 1 saturated heterocycles. The normalized spacial score (nSPS) is 18.5. The van der Waals surface area contributed by atoms with Gasteiger partial charge in [-0.25, -0.2) is 0 Å². The van der Waals surface area contributed by atoms with Gasteiger partial charge in [0.2, 0.25) is 5.91 Å². The Labute approximate surface area is 141 Å². The van der Waals surface area contributed by atoms with Gasteiger partial charge in [0.05, 0.1) is 32.0 Å². The fraction of sp³-hybridized carbons (Fsp3) is 0.562. The molecule has 0 unspecified atom stereocenters. The lowest BCUT2D eigenvalue weighted by Gasteiger charge is -2.33. The molecular formula is C16H23ClN2O4. The van der Waals surface area contributed by atoms with Gasteiger partial charge < -0.3 is 19.5 Å². The first-order valence-electron chi connectivity index (χ1n) is 7.53. The highest BCUT2D eigenvalue weighted by molar-refractivity contribution is 6.33. The van der Waals surface area contributed by atoms with Crippen LogP contribution in [0.5, 0.6) is 11.5 Å². The Morgan fingerprint density at radius 1 is 1.43 bits per heavy atom. The Kier molecular flexibility index (Phi) is 6.50. The van der Waals surface area contributed by atoms with Gasteiger partial charge in [-0.3, -0.25) is 9.69 Å². The summed E-state index contributed by atoms with van der Waals surface area (Å²) in [5, 5.41) is 3.36. The molecule has 1 aromatic rings. The maximum Gasteiger partial charge on any atom is 0.216 e. The van der Waals surface area contributed by atoms with Crippen LogP contribution in [0, 0.1) is 0 Å². The van der Waals surface area contributed by atoms with Crippen molar-refractivity contribution in [3.8, 4) is 11.5 Å². The van der Waals surface area contributed by atoms with Crippen LogP contribution < -0.4 is 14.8 Å². The number of ether oxygens (including phenoxy) is 3. The van der Waals surface area contributed by atoms with Crippen LogP contribution in [-0.2, 0) is 16.1 Å². The molecule has 0 radical (unpaired) electrons. The Bertz CT molecular complexity index is 553. The van der Waals surface area contributed by atoms with Gasteiger partial charge in [0, 0.05) is 33.1 Å². The van der Waals surface area contributed by atoms with Crippen molar-refractivity contribution in [2.75, 3.05) is 40.5 Å². The molecule has 1 aliphatic rings. The van der Waals surface area contributed by atoms with Crippen molar-refractivity contribution in [3.63, 3.8) is 0 Å². The van der Waals surface area contributed by atoms with Crippen molar-refractivity contribution in [2.24, 2.45) is 0 Å². The zero-order valence-corrected chi connectivity index (χ0v) is 14.5. The molecule has 0 aliphatic carbocycles. The predicted molar refractivity (Wildman–Crippen MR) is 88.3 cm³/mol. The van der Waals surface area contributed by atoms with Crippen molar-refractivity contribution < 1.29 is 19.0 Å². The molecular weight excluding hydrogens is 320 g/mol. The SMILES string of the molecule is COc1ccc(CN2CCO[C@@H](CNC(C)=O)C2)c(Cl)c1OC. The number of morpholine rings is 1. The van der Waals surface area contributed by atoms with E-state index >= 15 is 0 Å². The summed E-state index contributed by atoms with van der Waals surface area (Å²) in [5.41, 5.74) is 0.976. The maximum atomic E-state index is 11.0. The third kappa shape index (κ3) is 4.73. The van der Waals surface area contributed by atoms with Crippen molar-refractivity contribution in [1.29, 1.82) is 0 Å². The largest absolute Gasteiger partial charge is 0.493 e. The monoisotopic (exact) mass is 342 g/mol. The summed E-state index contributed by atoms with van der Waals surface area (Å²) in [7, 11) is 3.16. The van der Waals surface area contributed by atoms with E-state index in [0.717, 1.165) is 18.7 Å². The predicted octanol–water partition coefficient (Wildman–Crippen LogP) is 1.69. The van der Waals surface area contributed by atoms with Crippen molar-refractivity contribution in [2.45, 2.75) is 19.6 Å². The first-order chi connectivity index (χ1) is 11.0. The molecule has 2 rings (SSSR count). The van der Waals surface area contributed by atoms with E-state index in [1.807, 2.05) is 12.1 Å². The van der Waals surface area contributed by atoms with Gasteiger partial charge in [-0.2, -0.15) is 0 Å². The van der Waals surface area contributed by atoms with Crippen LogP contribution in [0.3, 0.4) is 0 Å². The smallest absolute Gasteiger partial charge is 0.216 e. The highest BCUT2D eigenvalue weighted by Crippen LogP contribution is 2.37. The number of halogens is 1. The van der Waals surface area contributed by atoms with E-state index < -0.39 is 0 Å². The highest BCUT2D eigenvalue weighted by Gasteiger charge is 2.22. The third-order valence-corrected chi connectivity index (χ3v) is 4.17. The van der Waals surface area contributed by atoms with E-state index in [1.165, 1.54) is 6.92 Å². The number of rotatable bonds is 6. The van der Waals surface area contributed by atoms with Crippen molar-refractivity contribution in [1.82, 2.24) is 10.2 Å². The van der Waals surface area contributed by atoms with Gasteiger partial charge in [0.25, 0.3) is 0 Å². The summed E-state index contributed by atoms with van der Waals surface area (Å²) in [4.78, 5) is 13.3. The lowest BCUT2D eigenvalue weighted by molar-refractivity contribution is -0.120. The molecule has 1 fully saturated rings. The van der Waals surface area contributed by atoms with Crippen molar-refractivity contribution in [3.05, 3.63) is 22.7 Å². The number of hydrogen-bond acceptors (Lipinski definition) is 5. The molecule has 0 bridgehead atoms. The molecule has 23 heavy (non-hydrogen) atoms. The lowest BCUT2D eigenvalue weighted by Crippen LogP contribution is -2.46. The van der Waals surface area contributed by atoms with Crippen LogP contribution in [-0.4, -0.2) is 57.4 Å². The average molecular weight is 343 g/mol. The summed E-state index contributed by atoms with van der Waals surface area (Å²) in [6.45, 7) is 4.91. The Balaban J connectivity index is 2.02. The molecule has 128 valence electrons. The van der Waals surface area contributed by atoms with Crippen LogP contribution in [0.2, 0.25) is 5.02 Å². The molecule has 6 nitrogen and oxygen atoms in total. The fourth-order valence-electron chi connectivity index (χ4n) is 2.60. The van der Waals surface area contributed by atoms with Gasteiger partial charge >= 0.3 is 0 Å². The van der Waals surface area contributed by atoms with E-state index in [2.05, 4.69) is 10.2 Å². The number of carbonyl (C=O) groups is 1. The van der Waals surface area contributed by atoms with Crippen LogP contribution in [0.4, 0.5) is 0 Å². The number of nitrogens with zero attached hydrogens (tertiary/aromatic N) is 1. The summed E-state index contributed by atoms with van der Waals surface area (Å²) in [6, 6.07) is 3.80.